The quantitative estimate of drug-likeness (QED) is 0.494. The molecule has 2 saturated heterocycles. The van der Waals surface area contributed by atoms with Crippen LogP contribution in [0.4, 0.5) is 11.4 Å². The molecule has 1 spiro atoms. The van der Waals surface area contributed by atoms with E-state index in [9.17, 15) is 19.5 Å². The molecule has 1 N–H and O–H groups in total. The van der Waals surface area contributed by atoms with Crippen LogP contribution in [-0.4, -0.2) is 71.7 Å². The number of likely N-dealkylation sites (tertiary alicyclic amines) is 1. The van der Waals surface area contributed by atoms with Gasteiger partial charge < -0.3 is 24.5 Å². The van der Waals surface area contributed by atoms with E-state index in [-0.39, 0.29) is 30.9 Å². The summed E-state index contributed by atoms with van der Waals surface area (Å²) in [5.41, 5.74) is 0.175. The molecule has 0 aliphatic carbocycles. The van der Waals surface area contributed by atoms with Crippen LogP contribution in [0.3, 0.4) is 0 Å². The number of benzene rings is 3. The summed E-state index contributed by atoms with van der Waals surface area (Å²) < 4.78 is 6.71. The first-order valence-corrected chi connectivity index (χ1v) is 14.1. The van der Waals surface area contributed by atoms with E-state index in [2.05, 4.69) is 0 Å². The van der Waals surface area contributed by atoms with Crippen molar-refractivity contribution in [3.63, 3.8) is 0 Å². The number of nitrogens with zero attached hydrogens (tertiary/aromatic N) is 3. The van der Waals surface area contributed by atoms with Crippen molar-refractivity contribution in [3.05, 3.63) is 97.1 Å². The van der Waals surface area contributed by atoms with Gasteiger partial charge in [-0.05, 0) is 41.5 Å². The molecule has 0 saturated carbocycles. The van der Waals surface area contributed by atoms with Gasteiger partial charge in [-0.2, -0.15) is 0 Å². The first-order valence-electron chi connectivity index (χ1n) is 14.1. The number of hydrogen-bond donors (Lipinski definition) is 1. The van der Waals surface area contributed by atoms with Gasteiger partial charge in [-0.15, -0.1) is 0 Å². The third-order valence-electron chi connectivity index (χ3n) is 8.83. The molecule has 3 aromatic rings. The van der Waals surface area contributed by atoms with Crippen molar-refractivity contribution in [2.75, 3.05) is 36.0 Å². The Morgan fingerprint density at radius 3 is 2.34 bits per heavy atom. The lowest BCUT2D eigenvalue weighted by Gasteiger charge is -2.35. The van der Waals surface area contributed by atoms with Crippen molar-refractivity contribution < 1.29 is 24.2 Å². The Hall–Kier alpha value is -4.27. The molecule has 5 atom stereocenters. The summed E-state index contributed by atoms with van der Waals surface area (Å²) in [5, 5.41) is 11.7. The minimum absolute atomic E-state index is 0.122. The van der Waals surface area contributed by atoms with Crippen LogP contribution in [0.25, 0.3) is 10.8 Å². The van der Waals surface area contributed by atoms with Crippen molar-refractivity contribution in [2.45, 2.75) is 24.2 Å². The van der Waals surface area contributed by atoms with Gasteiger partial charge in [0.15, 0.2) is 0 Å². The van der Waals surface area contributed by atoms with E-state index in [1.807, 2.05) is 97.1 Å². The molecule has 8 heteroatoms. The number of carbonyl (C=O) groups is 3. The molecule has 0 radical (unpaired) electrons. The third kappa shape index (κ3) is 3.93. The van der Waals surface area contributed by atoms with E-state index in [4.69, 9.17) is 4.74 Å². The third-order valence-corrected chi connectivity index (χ3v) is 8.83. The predicted octanol–water partition coefficient (Wildman–Crippen LogP) is 3.31. The van der Waals surface area contributed by atoms with Crippen molar-refractivity contribution in [3.8, 4) is 0 Å². The van der Waals surface area contributed by atoms with Crippen LogP contribution in [-0.2, 0) is 19.1 Å². The fraction of sp³-hybridized carbons (Fsp3) is 0.303. The van der Waals surface area contributed by atoms with Gasteiger partial charge in [0, 0.05) is 37.6 Å². The monoisotopic (exact) mass is 549 g/mol. The fourth-order valence-electron chi connectivity index (χ4n) is 7.03. The lowest BCUT2D eigenvalue weighted by Crippen LogP contribution is -2.55. The second kappa shape index (κ2) is 9.98. The van der Waals surface area contributed by atoms with Crippen LogP contribution in [0.5, 0.6) is 0 Å². The first-order chi connectivity index (χ1) is 20.0. The Labute approximate surface area is 238 Å². The van der Waals surface area contributed by atoms with Gasteiger partial charge >= 0.3 is 0 Å². The van der Waals surface area contributed by atoms with Gasteiger partial charge in [0.2, 0.25) is 11.8 Å². The van der Waals surface area contributed by atoms with E-state index in [0.717, 1.165) is 22.1 Å². The minimum atomic E-state index is -1.30. The Bertz CT molecular complexity index is 1590. The predicted molar refractivity (Wildman–Crippen MR) is 155 cm³/mol. The second-order valence-corrected chi connectivity index (χ2v) is 11.0. The van der Waals surface area contributed by atoms with Crippen LogP contribution in [0, 0.1) is 11.8 Å². The number of hydrogen-bond acceptors (Lipinski definition) is 5. The molecule has 0 aromatic heterocycles. The molecule has 208 valence electrons. The minimum Gasteiger partial charge on any atom is -0.396 e. The maximum absolute atomic E-state index is 14.5. The molecular weight excluding hydrogens is 518 g/mol. The number of anilines is 2. The average molecular weight is 550 g/mol. The largest absolute Gasteiger partial charge is 0.396 e. The van der Waals surface area contributed by atoms with Crippen molar-refractivity contribution >= 4 is 39.9 Å². The summed E-state index contributed by atoms with van der Waals surface area (Å²) in [7, 11) is 0. The molecule has 8 nitrogen and oxygen atoms in total. The lowest BCUT2D eigenvalue weighted by atomic mass is 9.77. The van der Waals surface area contributed by atoms with E-state index in [0.29, 0.717) is 19.5 Å². The summed E-state index contributed by atoms with van der Waals surface area (Å²) in [6, 6.07) is 22.3. The first kappa shape index (κ1) is 25.7. The number of para-hydroxylation sites is 1. The van der Waals surface area contributed by atoms with Gasteiger partial charge in [0.05, 0.1) is 17.9 Å². The topological polar surface area (TPSA) is 90.4 Å². The molecule has 3 amide bonds. The van der Waals surface area contributed by atoms with Crippen molar-refractivity contribution in [1.29, 1.82) is 0 Å². The maximum atomic E-state index is 14.5. The van der Waals surface area contributed by atoms with Crippen LogP contribution in [0.1, 0.15) is 6.42 Å². The number of fused-ring (bicyclic) bond motifs is 3. The summed E-state index contributed by atoms with van der Waals surface area (Å²) in [6.45, 7) is 0.748. The zero-order chi connectivity index (χ0) is 28.1. The summed E-state index contributed by atoms with van der Waals surface area (Å²) in [4.78, 5) is 47.8. The SMILES string of the molecule is O=C1C2N(CCCO)C(=O)[C@@H]3[C@@H]4C(=O)N(c5ccccc5)CC=C[C@@H]4O[C@]23C=CCN1c1ccc2ccccc2c1. The Balaban J connectivity index is 1.31. The number of amides is 3. The maximum Gasteiger partial charge on any atom is 0.253 e. The lowest BCUT2D eigenvalue weighted by molar-refractivity contribution is -0.140. The average Bonchev–Trinajstić information content (AvgIpc) is 3.30. The Kier molecular flexibility index (Phi) is 6.25. The molecular formula is C33H31N3O5. The number of rotatable bonds is 5. The van der Waals surface area contributed by atoms with Gasteiger partial charge in [0.25, 0.3) is 5.91 Å². The van der Waals surface area contributed by atoms with Gasteiger partial charge in [-0.1, -0.05) is 72.8 Å². The van der Waals surface area contributed by atoms with Gasteiger partial charge in [0.1, 0.15) is 11.6 Å². The van der Waals surface area contributed by atoms with Crippen LogP contribution in [0.2, 0.25) is 0 Å². The van der Waals surface area contributed by atoms with Crippen molar-refractivity contribution in [2.24, 2.45) is 11.8 Å². The Morgan fingerprint density at radius 1 is 0.805 bits per heavy atom. The van der Waals surface area contributed by atoms with Gasteiger partial charge in [-0.3, -0.25) is 14.4 Å². The molecule has 7 rings (SSSR count). The highest BCUT2D eigenvalue weighted by atomic mass is 16.5. The standard InChI is InChI=1S/C33H31N3O5/c37-20-8-19-36-29-32(40)35(25-15-14-22-9-4-5-10-23(22)21-25)18-7-16-33(29)28(31(36)39)27-26(41-33)13-6-17-34(30(27)38)24-11-2-1-3-12-24/h1-7,9-16,21,26-29,37H,8,17-20H2/t26-,27+,28-,29?,33-/m0/s1. The highest BCUT2D eigenvalue weighted by Crippen LogP contribution is 2.53. The van der Waals surface area contributed by atoms with E-state index < -0.39 is 29.6 Å². The number of ether oxygens (including phenoxy) is 1. The summed E-state index contributed by atoms with van der Waals surface area (Å²) in [5.74, 6) is -2.39. The zero-order valence-corrected chi connectivity index (χ0v) is 22.5. The molecule has 2 fully saturated rings. The number of aliphatic hydroxyl groups excluding tert-OH is 1. The van der Waals surface area contributed by atoms with Crippen LogP contribution >= 0.6 is 0 Å². The molecule has 4 aliphatic rings. The number of aliphatic hydroxyl groups is 1. The van der Waals surface area contributed by atoms with E-state index in [1.165, 1.54) is 4.90 Å². The number of carbonyl (C=O) groups excluding carboxylic acids is 3. The molecule has 41 heavy (non-hydrogen) atoms. The summed E-state index contributed by atoms with van der Waals surface area (Å²) >= 11 is 0. The summed E-state index contributed by atoms with van der Waals surface area (Å²) in [6.07, 6.45) is 7.18. The second-order valence-electron chi connectivity index (χ2n) is 11.0. The highest BCUT2D eigenvalue weighted by Gasteiger charge is 2.71. The molecule has 1 unspecified atom stereocenters. The normalized spacial score (nSPS) is 29.0. The van der Waals surface area contributed by atoms with E-state index in [1.54, 1.807) is 9.80 Å². The Morgan fingerprint density at radius 2 is 1.54 bits per heavy atom. The van der Waals surface area contributed by atoms with Crippen LogP contribution in [0.15, 0.2) is 97.1 Å². The molecule has 4 aliphatic heterocycles. The molecule has 3 aromatic carbocycles. The van der Waals surface area contributed by atoms with Crippen LogP contribution < -0.4 is 9.80 Å². The molecule has 4 heterocycles. The zero-order valence-electron chi connectivity index (χ0n) is 22.5. The van der Waals surface area contributed by atoms with Crippen molar-refractivity contribution in [1.82, 2.24) is 4.90 Å². The highest BCUT2D eigenvalue weighted by molar-refractivity contribution is 6.08. The molecule has 0 bridgehead atoms. The van der Waals surface area contributed by atoms with E-state index >= 15 is 0 Å². The fourth-order valence-corrected chi connectivity index (χ4v) is 7.03. The smallest absolute Gasteiger partial charge is 0.253 e. The van der Waals surface area contributed by atoms with Gasteiger partial charge in [-0.25, -0.2) is 0 Å².